The lowest BCUT2D eigenvalue weighted by atomic mass is 10.2. The molecule has 0 saturated carbocycles. The average Bonchev–Trinajstić information content (AvgIpc) is 2.29. The molecule has 0 aliphatic carbocycles. The molecule has 1 rings (SSSR count). The maximum absolute atomic E-state index is 5.60. The maximum atomic E-state index is 5.60. The smallest absolute Gasteiger partial charge is 0.119 e. The lowest BCUT2D eigenvalue weighted by Crippen LogP contribution is -2.04. The Morgan fingerprint density at radius 3 is 2.60 bits per heavy atom. The summed E-state index contributed by atoms with van der Waals surface area (Å²) < 4.78 is 5.60. The lowest BCUT2D eigenvalue weighted by Gasteiger charge is -2.09. The second kappa shape index (κ2) is 6.42. The predicted octanol–water partition coefficient (Wildman–Crippen LogP) is 3.19. The molecule has 0 radical (unpaired) electrons. The van der Waals surface area contributed by atoms with Gasteiger partial charge in [-0.1, -0.05) is 12.8 Å². The topological polar surface area (TPSA) is 9.23 Å². The van der Waals surface area contributed by atoms with E-state index in [1.165, 1.54) is 0 Å². The number of terminal acetylenes is 1. The lowest BCUT2D eigenvalue weighted by molar-refractivity contribution is 0.311. The first-order valence-corrected chi connectivity index (χ1v) is 6.27. The molecule has 1 aromatic rings. The van der Waals surface area contributed by atoms with E-state index in [0.29, 0.717) is 5.25 Å². The van der Waals surface area contributed by atoms with Crippen LogP contribution in [0.4, 0.5) is 0 Å². The van der Waals surface area contributed by atoms with Crippen LogP contribution in [-0.2, 0) is 0 Å². The van der Waals surface area contributed by atoms with Crippen LogP contribution in [-0.4, -0.2) is 18.1 Å². The summed E-state index contributed by atoms with van der Waals surface area (Å²) >= 11 is 1.86. The zero-order valence-corrected chi connectivity index (χ0v) is 10.0. The molecule has 1 nitrogen and oxygen atoms in total. The first-order valence-electron chi connectivity index (χ1n) is 4.98. The molecule has 0 aromatic heterocycles. The van der Waals surface area contributed by atoms with Crippen LogP contribution in [0.25, 0.3) is 0 Å². The van der Waals surface area contributed by atoms with E-state index in [2.05, 4.69) is 19.1 Å². The van der Waals surface area contributed by atoms with Crippen molar-refractivity contribution in [1.29, 1.82) is 0 Å². The van der Waals surface area contributed by atoms with Gasteiger partial charge in [0.15, 0.2) is 0 Å². The van der Waals surface area contributed by atoms with Gasteiger partial charge >= 0.3 is 0 Å². The Hall–Kier alpha value is -1.07. The van der Waals surface area contributed by atoms with Crippen molar-refractivity contribution in [2.24, 2.45) is 0 Å². The number of rotatable bonds is 5. The summed E-state index contributed by atoms with van der Waals surface area (Å²) in [5, 5.41) is 0.648. The number of hydrogen-bond donors (Lipinski definition) is 0. The fraction of sp³-hybridized carbons (Fsp3) is 0.385. The molecule has 0 aliphatic heterocycles. The number of benzene rings is 1. The molecule has 0 fully saturated rings. The van der Waals surface area contributed by atoms with E-state index >= 15 is 0 Å². The van der Waals surface area contributed by atoms with Crippen molar-refractivity contribution in [3.63, 3.8) is 0 Å². The summed E-state index contributed by atoms with van der Waals surface area (Å²) in [6.07, 6.45) is 8.45. The van der Waals surface area contributed by atoms with E-state index in [1.807, 2.05) is 36.0 Å². The van der Waals surface area contributed by atoms with Crippen molar-refractivity contribution < 1.29 is 4.74 Å². The second-order valence-electron chi connectivity index (χ2n) is 3.35. The van der Waals surface area contributed by atoms with Crippen LogP contribution >= 0.6 is 11.8 Å². The van der Waals surface area contributed by atoms with Gasteiger partial charge in [0.2, 0.25) is 0 Å². The molecule has 1 aromatic carbocycles. The molecule has 1 atom stereocenters. The molecule has 0 N–H and O–H groups in total. The third kappa shape index (κ3) is 4.31. The Morgan fingerprint density at radius 1 is 1.40 bits per heavy atom. The molecule has 1 unspecified atom stereocenters. The summed E-state index contributed by atoms with van der Waals surface area (Å²) in [7, 11) is 0. The first-order chi connectivity index (χ1) is 7.26. The van der Waals surface area contributed by atoms with E-state index in [1.54, 1.807) is 0 Å². The molecule has 0 bridgehead atoms. The molecule has 0 heterocycles. The van der Waals surface area contributed by atoms with E-state index in [4.69, 9.17) is 11.2 Å². The second-order valence-corrected chi connectivity index (χ2v) is 4.63. The minimum atomic E-state index is 0.648. The van der Waals surface area contributed by atoms with Crippen molar-refractivity contribution in [1.82, 2.24) is 0 Å². The first kappa shape index (κ1) is 12.0. The van der Waals surface area contributed by atoms with Crippen LogP contribution in [0.3, 0.4) is 0 Å². The monoisotopic (exact) mass is 220 g/mol. The van der Waals surface area contributed by atoms with Gasteiger partial charge in [-0.25, -0.2) is 0 Å². The average molecular weight is 220 g/mol. The highest BCUT2D eigenvalue weighted by Gasteiger charge is 1.99. The molecule has 0 aliphatic rings. The van der Waals surface area contributed by atoms with Gasteiger partial charge in [-0.05, 0) is 36.9 Å². The maximum Gasteiger partial charge on any atom is 0.119 e. The van der Waals surface area contributed by atoms with Gasteiger partial charge in [-0.15, -0.1) is 6.42 Å². The van der Waals surface area contributed by atoms with Crippen LogP contribution in [0, 0.1) is 12.3 Å². The largest absolute Gasteiger partial charge is 0.494 e. The van der Waals surface area contributed by atoms with Gasteiger partial charge in [0.1, 0.15) is 5.75 Å². The van der Waals surface area contributed by atoms with Gasteiger partial charge in [0.05, 0.1) is 6.61 Å². The van der Waals surface area contributed by atoms with Gasteiger partial charge in [-0.2, -0.15) is 11.8 Å². The summed E-state index contributed by atoms with van der Waals surface area (Å²) in [6, 6.07) is 7.62. The Labute approximate surface area is 96.2 Å². The van der Waals surface area contributed by atoms with E-state index in [9.17, 15) is 0 Å². The van der Waals surface area contributed by atoms with Gasteiger partial charge in [0, 0.05) is 10.8 Å². The number of thioether (sulfide) groups is 1. The van der Waals surface area contributed by atoms with Crippen LogP contribution in [0.1, 0.15) is 18.9 Å². The third-order valence-electron chi connectivity index (χ3n) is 2.22. The van der Waals surface area contributed by atoms with Crippen LogP contribution in [0.15, 0.2) is 24.3 Å². The van der Waals surface area contributed by atoms with Crippen molar-refractivity contribution in [3.8, 4) is 18.1 Å². The Balaban J connectivity index is 2.35. The predicted molar refractivity (Wildman–Crippen MR) is 67.5 cm³/mol. The highest BCUT2D eigenvalue weighted by Crippen LogP contribution is 2.14. The molecule has 2 heteroatoms. The SMILES string of the molecule is C#Cc1ccc(OCCC(C)SC)cc1. The Morgan fingerprint density at radius 2 is 2.07 bits per heavy atom. The van der Waals surface area contributed by atoms with E-state index in [-0.39, 0.29) is 0 Å². The third-order valence-corrected chi connectivity index (χ3v) is 3.26. The highest BCUT2D eigenvalue weighted by molar-refractivity contribution is 7.99. The minimum Gasteiger partial charge on any atom is -0.494 e. The molecule has 0 saturated heterocycles. The molecule has 0 amide bonds. The van der Waals surface area contributed by atoms with Gasteiger partial charge < -0.3 is 4.74 Å². The minimum absolute atomic E-state index is 0.648. The zero-order valence-electron chi connectivity index (χ0n) is 9.19. The molecule has 0 spiro atoms. The Kier molecular flexibility index (Phi) is 5.14. The zero-order chi connectivity index (χ0) is 11.1. The van der Waals surface area contributed by atoms with Crippen molar-refractivity contribution in [2.45, 2.75) is 18.6 Å². The summed E-state index contributed by atoms with van der Waals surface area (Å²) in [6.45, 7) is 2.97. The summed E-state index contributed by atoms with van der Waals surface area (Å²) in [5.41, 5.74) is 0.889. The van der Waals surface area contributed by atoms with Crippen molar-refractivity contribution in [3.05, 3.63) is 29.8 Å². The highest BCUT2D eigenvalue weighted by atomic mass is 32.2. The van der Waals surface area contributed by atoms with E-state index < -0.39 is 0 Å². The standard InChI is InChI=1S/C13H16OS/c1-4-12-5-7-13(8-6-12)14-10-9-11(2)15-3/h1,5-8,11H,9-10H2,2-3H3. The number of hydrogen-bond acceptors (Lipinski definition) is 2. The Bertz CT molecular complexity index is 323. The molecule has 80 valence electrons. The van der Waals surface area contributed by atoms with Crippen LogP contribution in [0.5, 0.6) is 5.75 Å². The van der Waals surface area contributed by atoms with Crippen molar-refractivity contribution >= 4 is 11.8 Å². The van der Waals surface area contributed by atoms with E-state index in [0.717, 1.165) is 24.3 Å². The molecule has 15 heavy (non-hydrogen) atoms. The molecular formula is C13H16OS. The fourth-order valence-electron chi connectivity index (χ4n) is 1.11. The normalized spacial score (nSPS) is 11.8. The summed E-state index contributed by atoms with van der Waals surface area (Å²) in [4.78, 5) is 0. The van der Waals surface area contributed by atoms with Crippen LogP contribution < -0.4 is 4.74 Å². The fourth-order valence-corrected chi connectivity index (χ4v) is 1.44. The quantitative estimate of drug-likeness (QED) is 0.705. The van der Waals surface area contributed by atoms with Gasteiger partial charge in [0.25, 0.3) is 0 Å². The molecular weight excluding hydrogens is 204 g/mol. The van der Waals surface area contributed by atoms with Crippen molar-refractivity contribution in [2.75, 3.05) is 12.9 Å². The van der Waals surface area contributed by atoms with Gasteiger partial charge in [-0.3, -0.25) is 0 Å². The van der Waals surface area contributed by atoms with Crippen LogP contribution in [0.2, 0.25) is 0 Å². The summed E-state index contributed by atoms with van der Waals surface area (Å²) in [5.74, 6) is 3.47. The number of ether oxygens (including phenoxy) is 1.